The smallest absolute Gasteiger partial charge is 0.327 e. The summed E-state index contributed by atoms with van der Waals surface area (Å²) in [5.41, 5.74) is 1.17. The zero-order valence-corrected chi connectivity index (χ0v) is 12.0. The molecule has 2 N–H and O–H groups in total. The maximum absolute atomic E-state index is 11.0. The van der Waals surface area contributed by atoms with Gasteiger partial charge in [0.15, 0.2) is 0 Å². The molecule has 0 saturated carbocycles. The Morgan fingerprint density at radius 3 is 2.95 bits per heavy atom. The fourth-order valence-electron chi connectivity index (χ4n) is 2.12. The van der Waals surface area contributed by atoms with Crippen LogP contribution >= 0.6 is 11.8 Å². The molecule has 0 aliphatic carbocycles. The summed E-state index contributed by atoms with van der Waals surface area (Å²) >= 11 is 1.52. The summed E-state index contributed by atoms with van der Waals surface area (Å²) in [5.74, 6) is 0.995. The van der Waals surface area contributed by atoms with Crippen molar-refractivity contribution in [2.45, 2.75) is 18.9 Å². The van der Waals surface area contributed by atoms with E-state index in [0.29, 0.717) is 12.4 Å². The molecular formula is C14H17NO4S. The van der Waals surface area contributed by atoms with Gasteiger partial charge in [0.25, 0.3) is 0 Å². The van der Waals surface area contributed by atoms with Gasteiger partial charge in [0.1, 0.15) is 11.8 Å². The van der Waals surface area contributed by atoms with E-state index in [1.54, 1.807) is 0 Å². The number of carboxylic acid groups (broad SMARTS) is 1. The minimum atomic E-state index is -1.00. The molecule has 1 unspecified atom stereocenters. The number of benzene rings is 1. The minimum Gasteiger partial charge on any atom is -0.493 e. The summed E-state index contributed by atoms with van der Waals surface area (Å²) in [6.45, 7) is 1.95. The molecule has 6 heteroatoms. The molecule has 108 valence electrons. The van der Waals surface area contributed by atoms with Crippen LogP contribution in [0.3, 0.4) is 0 Å². The lowest BCUT2D eigenvalue weighted by Gasteiger charge is -2.14. The van der Waals surface area contributed by atoms with Gasteiger partial charge < -0.3 is 15.2 Å². The number of fused-ring (bicyclic) bond motifs is 1. The molecule has 1 aromatic carbocycles. The second kappa shape index (κ2) is 6.65. The lowest BCUT2D eigenvalue weighted by Crippen LogP contribution is -2.41. The molecule has 0 saturated heterocycles. The minimum absolute atomic E-state index is 0.281. The van der Waals surface area contributed by atoms with Gasteiger partial charge in [-0.15, -0.1) is 0 Å². The van der Waals surface area contributed by atoms with Crippen molar-refractivity contribution in [1.29, 1.82) is 0 Å². The molecule has 1 amide bonds. The molecule has 0 bridgehead atoms. The molecule has 0 radical (unpaired) electrons. The Hall–Kier alpha value is -1.69. The molecule has 20 heavy (non-hydrogen) atoms. The predicted octanol–water partition coefficient (Wildman–Crippen LogP) is 1.49. The molecule has 2 atom stereocenters. The van der Waals surface area contributed by atoms with Gasteiger partial charge in [-0.05, 0) is 6.07 Å². The van der Waals surface area contributed by atoms with Gasteiger partial charge in [-0.2, -0.15) is 11.8 Å². The van der Waals surface area contributed by atoms with Gasteiger partial charge in [0.2, 0.25) is 5.91 Å². The van der Waals surface area contributed by atoms with E-state index in [-0.39, 0.29) is 11.8 Å². The second-order valence-corrected chi connectivity index (χ2v) is 5.75. The SMILES string of the molecule is CC(=O)N[C@@H](CSCC1COc2ccccc21)C(=O)O. The Morgan fingerprint density at radius 1 is 1.50 bits per heavy atom. The summed E-state index contributed by atoms with van der Waals surface area (Å²) in [6.07, 6.45) is 0. The molecule has 1 heterocycles. The Bertz CT molecular complexity index is 506. The number of carboxylic acids is 1. The van der Waals surface area contributed by atoms with Crippen LogP contribution in [0.15, 0.2) is 24.3 Å². The Kier molecular flexibility index (Phi) is 4.89. The maximum Gasteiger partial charge on any atom is 0.327 e. The summed E-state index contributed by atoms with van der Waals surface area (Å²) in [6, 6.07) is 7.05. The van der Waals surface area contributed by atoms with Gasteiger partial charge in [-0.25, -0.2) is 4.79 Å². The quantitative estimate of drug-likeness (QED) is 0.831. The van der Waals surface area contributed by atoms with E-state index in [9.17, 15) is 9.59 Å². The average molecular weight is 295 g/mol. The Labute approximate surface area is 121 Å². The van der Waals surface area contributed by atoms with Crippen molar-refractivity contribution in [3.8, 4) is 5.75 Å². The Balaban J connectivity index is 1.84. The number of carbonyl (C=O) groups excluding carboxylic acids is 1. The van der Waals surface area contributed by atoms with Crippen LogP contribution in [0.2, 0.25) is 0 Å². The fraction of sp³-hybridized carbons (Fsp3) is 0.429. The zero-order valence-electron chi connectivity index (χ0n) is 11.2. The molecule has 1 aliphatic rings. The molecule has 0 aromatic heterocycles. The van der Waals surface area contributed by atoms with Gasteiger partial charge >= 0.3 is 5.97 Å². The Morgan fingerprint density at radius 2 is 2.25 bits per heavy atom. The number of aliphatic carboxylic acids is 1. The summed E-state index contributed by atoms with van der Waals surface area (Å²) in [7, 11) is 0. The number of carbonyl (C=O) groups is 2. The highest BCUT2D eigenvalue weighted by Gasteiger charge is 2.25. The van der Waals surface area contributed by atoms with Crippen molar-refractivity contribution < 1.29 is 19.4 Å². The van der Waals surface area contributed by atoms with Crippen LogP contribution < -0.4 is 10.1 Å². The van der Waals surface area contributed by atoms with Gasteiger partial charge in [0, 0.05) is 29.9 Å². The number of para-hydroxylation sites is 1. The van der Waals surface area contributed by atoms with Gasteiger partial charge in [-0.3, -0.25) is 4.79 Å². The number of nitrogens with one attached hydrogen (secondary N) is 1. The second-order valence-electron chi connectivity index (χ2n) is 4.67. The van der Waals surface area contributed by atoms with Crippen molar-refractivity contribution in [1.82, 2.24) is 5.32 Å². The van der Waals surface area contributed by atoms with Crippen LogP contribution in [-0.4, -0.2) is 41.1 Å². The average Bonchev–Trinajstić information content (AvgIpc) is 2.80. The number of hydrogen-bond acceptors (Lipinski definition) is 4. The third kappa shape index (κ3) is 3.66. The van der Waals surface area contributed by atoms with Crippen LogP contribution in [0, 0.1) is 0 Å². The molecule has 5 nitrogen and oxygen atoms in total. The van der Waals surface area contributed by atoms with E-state index in [1.807, 2.05) is 24.3 Å². The topological polar surface area (TPSA) is 75.6 Å². The van der Waals surface area contributed by atoms with E-state index in [4.69, 9.17) is 9.84 Å². The van der Waals surface area contributed by atoms with Gasteiger partial charge in [0.05, 0.1) is 6.61 Å². The number of amides is 1. The van der Waals surface area contributed by atoms with E-state index in [1.165, 1.54) is 24.2 Å². The van der Waals surface area contributed by atoms with E-state index >= 15 is 0 Å². The monoisotopic (exact) mass is 295 g/mol. The molecule has 0 spiro atoms. The lowest BCUT2D eigenvalue weighted by atomic mass is 10.0. The van der Waals surface area contributed by atoms with E-state index < -0.39 is 12.0 Å². The lowest BCUT2D eigenvalue weighted by molar-refractivity contribution is -0.140. The van der Waals surface area contributed by atoms with Crippen LogP contribution in [-0.2, 0) is 9.59 Å². The summed E-state index contributed by atoms with van der Waals surface area (Å²) in [5, 5.41) is 11.5. The zero-order chi connectivity index (χ0) is 14.5. The summed E-state index contributed by atoms with van der Waals surface area (Å²) in [4.78, 5) is 21.9. The first-order valence-electron chi connectivity index (χ1n) is 6.37. The van der Waals surface area contributed by atoms with Gasteiger partial charge in [-0.1, -0.05) is 18.2 Å². The third-order valence-corrected chi connectivity index (χ3v) is 4.29. The van der Waals surface area contributed by atoms with Crippen molar-refractivity contribution in [2.75, 3.05) is 18.1 Å². The van der Waals surface area contributed by atoms with Crippen molar-refractivity contribution in [3.05, 3.63) is 29.8 Å². The summed E-state index contributed by atoms with van der Waals surface area (Å²) < 4.78 is 5.58. The highest BCUT2D eigenvalue weighted by atomic mass is 32.2. The van der Waals surface area contributed by atoms with E-state index in [0.717, 1.165) is 11.5 Å². The van der Waals surface area contributed by atoms with Crippen LogP contribution in [0.5, 0.6) is 5.75 Å². The van der Waals surface area contributed by atoms with Crippen molar-refractivity contribution in [3.63, 3.8) is 0 Å². The van der Waals surface area contributed by atoms with Crippen LogP contribution in [0.25, 0.3) is 0 Å². The molecule has 1 aliphatic heterocycles. The van der Waals surface area contributed by atoms with Crippen molar-refractivity contribution >= 4 is 23.6 Å². The van der Waals surface area contributed by atoms with E-state index in [2.05, 4.69) is 5.32 Å². The maximum atomic E-state index is 11.0. The predicted molar refractivity (Wildman–Crippen MR) is 77.2 cm³/mol. The molecular weight excluding hydrogens is 278 g/mol. The first-order valence-corrected chi connectivity index (χ1v) is 7.52. The van der Waals surface area contributed by atoms with Crippen molar-refractivity contribution in [2.24, 2.45) is 0 Å². The molecule has 2 rings (SSSR count). The third-order valence-electron chi connectivity index (χ3n) is 3.08. The number of rotatable bonds is 6. The highest BCUT2D eigenvalue weighted by molar-refractivity contribution is 7.99. The van der Waals surface area contributed by atoms with Crippen LogP contribution in [0.4, 0.5) is 0 Å². The number of hydrogen-bond donors (Lipinski definition) is 2. The standard InChI is InChI=1S/C14H17NO4S/c1-9(16)15-12(14(17)18)8-20-7-10-6-19-13-5-3-2-4-11(10)13/h2-5,10,12H,6-8H2,1H3,(H,15,16)(H,17,18)/t10?,12-/m0/s1. The highest BCUT2D eigenvalue weighted by Crippen LogP contribution is 2.35. The van der Waals surface area contributed by atoms with Crippen LogP contribution in [0.1, 0.15) is 18.4 Å². The number of thioether (sulfide) groups is 1. The fourth-order valence-corrected chi connectivity index (χ4v) is 3.27. The molecule has 0 fully saturated rings. The molecule has 1 aromatic rings. The first kappa shape index (κ1) is 14.7. The first-order chi connectivity index (χ1) is 9.58. The largest absolute Gasteiger partial charge is 0.493 e. The normalized spacial score (nSPS) is 17.9. The number of ether oxygens (including phenoxy) is 1.